The number of ether oxygens (including phenoxy) is 1. The molecule has 1 aromatic heterocycles. The van der Waals surface area contributed by atoms with E-state index in [1.807, 2.05) is 30.5 Å². The van der Waals surface area contributed by atoms with E-state index < -0.39 is 26.5 Å². The number of carboxylic acid groups (broad SMARTS) is 1. The molecule has 1 aliphatic heterocycles. The Morgan fingerprint density at radius 2 is 1.72 bits per heavy atom. The summed E-state index contributed by atoms with van der Waals surface area (Å²) in [4.78, 5) is 30.8. The summed E-state index contributed by atoms with van der Waals surface area (Å²) in [6.45, 7) is 17.2. The molecule has 1 amide bonds. The van der Waals surface area contributed by atoms with Gasteiger partial charge in [0.2, 0.25) is 0 Å². The third-order valence-electron chi connectivity index (χ3n) is 7.81. The number of benzene rings is 1. The van der Waals surface area contributed by atoms with Crippen LogP contribution in [0.1, 0.15) is 82.0 Å². The predicted octanol–water partition coefficient (Wildman–Crippen LogP) is 6.90. The molecule has 0 saturated carbocycles. The van der Waals surface area contributed by atoms with Crippen LogP contribution in [-0.2, 0) is 15.6 Å². The lowest BCUT2D eigenvalue weighted by Gasteiger charge is -2.42. The molecule has 3 atom stereocenters. The van der Waals surface area contributed by atoms with E-state index in [4.69, 9.17) is 9.16 Å². The Kier molecular flexibility index (Phi) is 9.17. The number of carbonyl (C=O) groups excluding carboxylic acids is 1. The summed E-state index contributed by atoms with van der Waals surface area (Å²) in [7, 11) is -0.905. The number of rotatable bonds is 8. The standard InChI is InChI=1S/C30H45N3O5Si/c1-29(2,3)32-25-17-14-22(19-31-25)26(38-39(8,9)30(4,5)6)24-16-15-23(33(24)28(35)36)18-20-10-12-21(13-11-20)27(34)37-7/h10-14,17,19,23-24,26H,15-16,18H2,1-9H3,(H,31,32)(H,35,36)/t23-,24+,26+/m0/s1. The van der Waals surface area contributed by atoms with Crippen molar-refractivity contribution >= 4 is 26.2 Å². The summed E-state index contributed by atoms with van der Waals surface area (Å²) < 4.78 is 11.8. The summed E-state index contributed by atoms with van der Waals surface area (Å²) in [6, 6.07) is 10.6. The molecule has 0 unspecified atom stereocenters. The summed E-state index contributed by atoms with van der Waals surface area (Å²) in [5.41, 5.74) is 2.21. The molecule has 39 heavy (non-hydrogen) atoms. The van der Waals surface area contributed by atoms with Crippen LogP contribution in [0, 0.1) is 0 Å². The molecule has 2 heterocycles. The Morgan fingerprint density at radius 3 is 2.21 bits per heavy atom. The Hall–Kier alpha value is -2.91. The van der Waals surface area contributed by atoms with Crippen LogP contribution in [0.25, 0.3) is 0 Å². The van der Waals surface area contributed by atoms with Crippen molar-refractivity contribution in [3.8, 4) is 0 Å². The molecule has 1 aromatic carbocycles. The fourth-order valence-corrected chi connectivity index (χ4v) is 6.05. The molecule has 8 nitrogen and oxygen atoms in total. The third kappa shape index (κ3) is 7.60. The number of amides is 1. The number of aromatic nitrogens is 1. The molecule has 2 aromatic rings. The molecule has 1 saturated heterocycles. The highest BCUT2D eigenvalue weighted by molar-refractivity contribution is 6.74. The van der Waals surface area contributed by atoms with Crippen molar-refractivity contribution in [1.82, 2.24) is 9.88 Å². The molecular formula is C30H45N3O5Si. The van der Waals surface area contributed by atoms with Crippen LogP contribution in [0.5, 0.6) is 0 Å². The average molecular weight is 556 g/mol. The highest BCUT2D eigenvalue weighted by atomic mass is 28.4. The molecule has 2 N–H and O–H groups in total. The van der Waals surface area contributed by atoms with E-state index in [0.717, 1.165) is 23.4 Å². The van der Waals surface area contributed by atoms with Crippen LogP contribution in [0.2, 0.25) is 18.1 Å². The van der Waals surface area contributed by atoms with Crippen molar-refractivity contribution in [2.45, 2.75) is 103 Å². The van der Waals surface area contributed by atoms with Crippen LogP contribution in [0.3, 0.4) is 0 Å². The van der Waals surface area contributed by atoms with E-state index >= 15 is 0 Å². The Balaban J connectivity index is 1.92. The van der Waals surface area contributed by atoms with Crippen LogP contribution in [-0.4, -0.2) is 60.1 Å². The van der Waals surface area contributed by atoms with Crippen molar-refractivity contribution < 1.29 is 23.9 Å². The minimum Gasteiger partial charge on any atom is -0.465 e. The van der Waals surface area contributed by atoms with Gasteiger partial charge in [0.05, 0.1) is 24.8 Å². The van der Waals surface area contributed by atoms with Gasteiger partial charge in [0.25, 0.3) is 0 Å². The van der Waals surface area contributed by atoms with Gasteiger partial charge in [-0.2, -0.15) is 0 Å². The number of nitrogens with one attached hydrogen (secondary N) is 1. The zero-order chi connectivity index (χ0) is 29.2. The van der Waals surface area contributed by atoms with Gasteiger partial charge in [-0.3, -0.25) is 4.90 Å². The van der Waals surface area contributed by atoms with Gasteiger partial charge in [-0.05, 0) is 81.9 Å². The average Bonchev–Trinajstić information content (AvgIpc) is 3.25. The molecule has 214 valence electrons. The fraction of sp³-hybridized carbons (Fsp3) is 0.567. The number of nitrogens with zero attached hydrogens (tertiary/aromatic N) is 2. The monoisotopic (exact) mass is 555 g/mol. The van der Waals surface area contributed by atoms with Gasteiger partial charge in [-0.1, -0.05) is 39.0 Å². The molecular weight excluding hydrogens is 510 g/mol. The minimum atomic E-state index is -2.26. The lowest BCUT2D eigenvalue weighted by molar-refractivity contribution is 0.0596. The number of anilines is 1. The summed E-state index contributed by atoms with van der Waals surface area (Å²) in [5, 5.41) is 13.7. The first-order chi connectivity index (χ1) is 18.0. The molecule has 0 bridgehead atoms. The van der Waals surface area contributed by atoms with Crippen LogP contribution >= 0.6 is 0 Å². The van der Waals surface area contributed by atoms with Crippen LogP contribution in [0.4, 0.5) is 10.6 Å². The normalized spacial score (nSPS) is 19.1. The van der Waals surface area contributed by atoms with Gasteiger partial charge in [-0.15, -0.1) is 0 Å². The predicted molar refractivity (Wildman–Crippen MR) is 157 cm³/mol. The molecule has 0 spiro atoms. The number of likely N-dealkylation sites (tertiary alicyclic amines) is 1. The van der Waals surface area contributed by atoms with E-state index in [-0.39, 0.29) is 22.7 Å². The van der Waals surface area contributed by atoms with Crippen LogP contribution in [0.15, 0.2) is 42.6 Å². The second-order valence-electron chi connectivity index (χ2n) is 13.0. The number of pyridine rings is 1. The van der Waals surface area contributed by atoms with Gasteiger partial charge in [0.1, 0.15) is 5.82 Å². The van der Waals surface area contributed by atoms with Crippen LogP contribution < -0.4 is 5.32 Å². The smallest absolute Gasteiger partial charge is 0.407 e. The topological polar surface area (TPSA) is 101 Å². The molecule has 0 aliphatic carbocycles. The number of carbonyl (C=O) groups is 2. The quantitative estimate of drug-likeness (QED) is 0.270. The van der Waals surface area contributed by atoms with Crippen molar-refractivity contribution in [2.24, 2.45) is 0 Å². The summed E-state index contributed by atoms with van der Waals surface area (Å²) in [5.74, 6) is 0.379. The van der Waals surface area contributed by atoms with E-state index in [9.17, 15) is 14.7 Å². The molecule has 0 radical (unpaired) electrons. The molecule has 1 fully saturated rings. The highest BCUT2D eigenvalue weighted by Gasteiger charge is 2.47. The minimum absolute atomic E-state index is 0.0418. The second-order valence-corrected chi connectivity index (χ2v) is 17.8. The van der Waals surface area contributed by atoms with Crippen molar-refractivity contribution in [1.29, 1.82) is 0 Å². The summed E-state index contributed by atoms with van der Waals surface area (Å²) in [6.07, 6.45) is 2.43. The zero-order valence-corrected chi connectivity index (χ0v) is 25.9. The first-order valence-electron chi connectivity index (χ1n) is 13.6. The first kappa shape index (κ1) is 30.6. The molecule has 3 rings (SSSR count). The number of esters is 1. The number of hydrogen-bond donors (Lipinski definition) is 2. The maximum Gasteiger partial charge on any atom is 0.407 e. The van der Waals surface area contributed by atoms with E-state index in [2.05, 4.69) is 64.9 Å². The SMILES string of the molecule is COC(=O)c1ccc(C[C@@H]2CC[C@H]([C@H](O[Si](C)(C)C(C)(C)C)c3ccc(NC(C)(C)C)nc3)N2C(=O)O)cc1. The van der Waals surface area contributed by atoms with Gasteiger partial charge >= 0.3 is 12.1 Å². The Labute approximate surface area is 234 Å². The number of hydrogen-bond acceptors (Lipinski definition) is 6. The van der Waals surface area contributed by atoms with E-state index in [1.165, 1.54) is 7.11 Å². The maximum atomic E-state index is 12.7. The molecule has 9 heteroatoms. The van der Waals surface area contributed by atoms with Crippen molar-refractivity contribution in [2.75, 3.05) is 12.4 Å². The van der Waals surface area contributed by atoms with Gasteiger partial charge in [0, 0.05) is 23.3 Å². The largest absolute Gasteiger partial charge is 0.465 e. The van der Waals surface area contributed by atoms with Gasteiger partial charge in [0.15, 0.2) is 8.32 Å². The number of methoxy groups -OCH3 is 1. The highest BCUT2D eigenvalue weighted by Crippen LogP contribution is 2.44. The maximum absolute atomic E-state index is 12.7. The lowest BCUT2D eigenvalue weighted by Crippen LogP contribution is -2.49. The summed E-state index contributed by atoms with van der Waals surface area (Å²) >= 11 is 0. The Bertz CT molecular complexity index is 1140. The van der Waals surface area contributed by atoms with E-state index in [1.54, 1.807) is 17.0 Å². The van der Waals surface area contributed by atoms with Gasteiger partial charge < -0.3 is 19.6 Å². The zero-order valence-electron chi connectivity index (χ0n) is 24.9. The fourth-order valence-electron chi connectivity index (χ4n) is 4.77. The van der Waals surface area contributed by atoms with Crippen molar-refractivity contribution in [3.63, 3.8) is 0 Å². The third-order valence-corrected chi connectivity index (χ3v) is 12.3. The van der Waals surface area contributed by atoms with E-state index in [0.29, 0.717) is 18.4 Å². The Morgan fingerprint density at radius 1 is 1.08 bits per heavy atom. The van der Waals surface area contributed by atoms with Crippen molar-refractivity contribution in [3.05, 3.63) is 59.3 Å². The van der Waals surface area contributed by atoms with Gasteiger partial charge in [-0.25, -0.2) is 14.6 Å². The first-order valence-corrected chi connectivity index (χ1v) is 16.5. The second kappa shape index (κ2) is 11.7. The molecule has 1 aliphatic rings. The lowest BCUT2D eigenvalue weighted by atomic mass is 10.0.